The first-order valence-corrected chi connectivity index (χ1v) is 7.22. The summed E-state index contributed by atoms with van der Waals surface area (Å²) in [5.41, 5.74) is 3.65. The van der Waals surface area contributed by atoms with Gasteiger partial charge in [-0.05, 0) is 29.8 Å². The minimum Gasteiger partial charge on any atom is -0.381 e. The molecule has 108 valence electrons. The van der Waals surface area contributed by atoms with Gasteiger partial charge in [0.1, 0.15) is 5.52 Å². The molecule has 2 aromatic carbocycles. The number of benzene rings is 2. The van der Waals surface area contributed by atoms with E-state index in [1.54, 1.807) is 6.20 Å². The number of aromatic nitrogens is 2. The Labute approximate surface area is 126 Å². The Hall–Kier alpha value is -3.01. The fourth-order valence-electron chi connectivity index (χ4n) is 2.75. The van der Waals surface area contributed by atoms with Crippen molar-refractivity contribution in [3.63, 3.8) is 0 Å². The van der Waals surface area contributed by atoms with Crippen molar-refractivity contribution in [1.82, 2.24) is 9.97 Å². The molecule has 4 heteroatoms. The molecular weight excluding hydrogens is 274 g/mol. The topological polar surface area (TPSA) is 60.7 Å². The molecular formula is C18H15N3O. The van der Waals surface area contributed by atoms with Crippen LogP contribution in [0.15, 0.2) is 65.6 Å². The van der Waals surface area contributed by atoms with E-state index in [0.29, 0.717) is 5.52 Å². The molecule has 0 spiro atoms. The molecule has 0 amide bonds. The van der Waals surface area contributed by atoms with Gasteiger partial charge in [0.15, 0.2) is 0 Å². The van der Waals surface area contributed by atoms with Gasteiger partial charge in [-0.1, -0.05) is 30.3 Å². The zero-order valence-corrected chi connectivity index (χ0v) is 11.9. The Balaban J connectivity index is 1.74. The predicted octanol–water partition coefficient (Wildman–Crippen LogP) is 3.62. The van der Waals surface area contributed by atoms with Gasteiger partial charge in [0, 0.05) is 34.7 Å². The average molecular weight is 289 g/mol. The number of hydrogen-bond donors (Lipinski definition) is 3. The zero-order valence-electron chi connectivity index (χ0n) is 11.9. The van der Waals surface area contributed by atoms with E-state index < -0.39 is 0 Å². The zero-order chi connectivity index (χ0) is 14.9. The molecule has 3 N–H and O–H groups in total. The van der Waals surface area contributed by atoms with Gasteiger partial charge in [0.05, 0.1) is 0 Å². The van der Waals surface area contributed by atoms with Gasteiger partial charge in [0.2, 0.25) is 0 Å². The maximum atomic E-state index is 11.9. The molecule has 4 aromatic rings. The van der Waals surface area contributed by atoms with E-state index in [1.165, 1.54) is 5.56 Å². The smallest absolute Gasteiger partial charge is 0.272 e. The molecule has 0 aliphatic heterocycles. The normalized spacial score (nSPS) is 11.1. The standard InChI is InChI=1S/C18H15N3O/c22-18-17-14(8-9-19-17)15-10-13(6-7-16(15)21-18)20-11-12-4-2-1-3-5-12/h1-10,19-20H,11H2,(H,21,22). The quantitative estimate of drug-likeness (QED) is 0.539. The summed E-state index contributed by atoms with van der Waals surface area (Å²) >= 11 is 0. The van der Waals surface area contributed by atoms with E-state index in [-0.39, 0.29) is 5.56 Å². The van der Waals surface area contributed by atoms with E-state index in [9.17, 15) is 4.79 Å². The Morgan fingerprint density at radius 3 is 2.68 bits per heavy atom. The van der Waals surface area contributed by atoms with Gasteiger partial charge < -0.3 is 15.3 Å². The summed E-state index contributed by atoms with van der Waals surface area (Å²) in [6, 6.07) is 18.2. The lowest BCUT2D eigenvalue weighted by Crippen LogP contribution is -2.06. The second kappa shape index (κ2) is 5.07. The number of hydrogen-bond acceptors (Lipinski definition) is 2. The number of nitrogens with one attached hydrogen (secondary N) is 3. The minimum atomic E-state index is -0.0857. The summed E-state index contributed by atoms with van der Waals surface area (Å²) in [5, 5.41) is 5.40. The van der Waals surface area contributed by atoms with Gasteiger partial charge in [-0.3, -0.25) is 4.79 Å². The Bertz CT molecular complexity index is 999. The van der Waals surface area contributed by atoms with Crippen molar-refractivity contribution in [3.8, 4) is 0 Å². The first-order valence-electron chi connectivity index (χ1n) is 7.22. The molecule has 0 aliphatic carbocycles. The number of H-pyrrole nitrogens is 2. The minimum absolute atomic E-state index is 0.0857. The lowest BCUT2D eigenvalue weighted by atomic mass is 10.1. The third kappa shape index (κ3) is 2.15. The van der Waals surface area contributed by atoms with Crippen LogP contribution < -0.4 is 10.9 Å². The molecule has 0 radical (unpaired) electrons. The fraction of sp³-hybridized carbons (Fsp3) is 0.0556. The van der Waals surface area contributed by atoms with Crippen molar-refractivity contribution >= 4 is 27.5 Å². The second-order valence-corrected chi connectivity index (χ2v) is 5.32. The maximum absolute atomic E-state index is 11.9. The van der Waals surface area contributed by atoms with Crippen LogP contribution >= 0.6 is 0 Å². The van der Waals surface area contributed by atoms with Crippen LogP contribution in [0.2, 0.25) is 0 Å². The van der Waals surface area contributed by atoms with Crippen molar-refractivity contribution < 1.29 is 0 Å². The summed E-state index contributed by atoms with van der Waals surface area (Å²) in [5.74, 6) is 0. The molecule has 2 aromatic heterocycles. The highest BCUT2D eigenvalue weighted by molar-refractivity contribution is 6.05. The molecule has 22 heavy (non-hydrogen) atoms. The molecule has 2 heterocycles. The summed E-state index contributed by atoms with van der Waals surface area (Å²) in [6.07, 6.45) is 1.80. The van der Waals surface area contributed by atoms with E-state index in [1.807, 2.05) is 36.4 Å². The maximum Gasteiger partial charge on any atom is 0.272 e. The van der Waals surface area contributed by atoms with E-state index in [4.69, 9.17) is 0 Å². The summed E-state index contributed by atoms with van der Waals surface area (Å²) in [4.78, 5) is 17.8. The molecule has 0 atom stereocenters. The lowest BCUT2D eigenvalue weighted by molar-refractivity contribution is 1.15. The Kier molecular flexibility index (Phi) is 2.93. The van der Waals surface area contributed by atoms with Gasteiger partial charge >= 0.3 is 0 Å². The van der Waals surface area contributed by atoms with Crippen molar-refractivity contribution in [1.29, 1.82) is 0 Å². The van der Waals surface area contributed by atoms with Crippen molar-refractivity contribution in [2.24, 2.45) is 0 Å². The van der Waals surface area contributed by atoms with Gasteiger partial charge in [0.25, 0.3) is 5.56 Å². The van der Waals surface area contributed by atoms with Crippen molar-refractivity contribution in [2.45, 2.75) is 6.54 Å². The van der Waals surface area contributed by atoms with Gasteiger partial charge in [-0.25, -0.2) is 0 Å². The van der Waals surface area contributed by atoms with Gasteiger partial charge in [-0.2, -0.15) is 0 Å². The van der Waals surface area contributed by atoms with Crippen LogP contribution in [-0.4, -0.2) is 9.97 Å². The highest BCUT2D eigenvalue weighted by Gasteiger charge is 2.06. The average Bonchev–Trinajstić information content (AvgIpc) is 3.05. The third-order valence-corrected chi connectivity index (χ3v) is 3.87. The molecule has 0 saturated carbocycles. The van der Waals surface area contributed by atoms with Crippen LogP contribution in [0.1, 0.15) is 5.56 Å². The third-order valence-electron chi connectivity index (χ3n) is 3.87. The molecule has 0 bridgehead atoms. The highest BCUT2D eigenvalue weighted by atomic mass is 16.1. The summed E-state index contributed by atoms with van der Waals surface area (Å²) < 4.78 is 0. The monoisotopic (exact) mass is 289 g/mol. The van der Waals surface area contributed by atoms with Crippen LogP contribution in [0.4, 0.5) is 5.69 Å². The van der Waals surface area contributed by atoms with Crippen LogP contribution in [0.5, 0.6) is 0 Å². The van der Waals surface area contributed by atoms with E-state index >= 15 is 0 Å². The summed E-state index contributed by atoms with van der Waals surface area (Å²) in [7, 11) is 0. The largest absolute Gasteiger partial charge is 0.381 e. The molecule has 0 unspecified atom stereocenters. The number of pyridine rings is 1. The van der Waals surface area contributed by atoms with Crippen LogP contribution in [0.25, 0.3) is 21.8 Å². The van der Waals surface area contributed by atoms with Crippen molar-refractivity contribution in [2.75, 3.05) is 5.32 Å². The number of rotatable bonds is 3. The SMILES string of the molecule is O=c1[nH]c2ccc(NCc3ccccc3)cc2c2cc[nH]c12. The number of aromatic amines is 2. The van der Waals surface area contributed by atoms with Crippen LogP contribution in [-0.2, 0) is 6.54 Å². The first kappa shape index (κ1) is 12.7. The molecule has 4 nitrogen and oxygen atoms in total. The molecule has 0 fully saturated rings. The molecule has 4 rings (SSSR count). The van der Waals surface area contributed by atoms with E-state index in [2.05, 4.69) is 33.5 Å². The molecule has 0 saturated heterocycles. The molecule has 0 aliphatic rings. The number of anilines is 1. The Morgan fingerprint density at radius 1 is 0.955 bits per heavy atom. The summed E-state index contributed by atoms with van der Waals surface area (Å²) in [6.45, 7) is 0.770. The lowest BCUT2D eigenvalue weighted by Gasteiger charge is -2.08. The highest BCUT2D eigenvalue weighted by Crippen LogP contribution is 2.24. The number of fused-ring (bicyclic) bond motifs is 3. The first-order chi connectivity index (χ1) is 10.8. The predicted molar refractivity (Wildman–Crippen MR) is 90.2 cm³/mol. The van der Waals surface area contributed by atoms with Gasteiger partial charge in [-0.15, -0.1) is 0 Å². The van der Waals surface area contributed by atoms with Crippen LogP contribution in [0.3, 0.4) is 0 Å². The van der Waals surface area contributed by atoms with Crippen LogP contribution in [0, 0.1) is 0 Å². The van der Waals surface area contributed by atoms with Crippen molar-refractivity contribution in [3.05, 3.63) is 76.7 Å². The van der Waals surface area contributed by atoms with E-state index in [0.717, 1.165) is 28.5 Å². The Morgan fingerprint density at radius 2 is 1.82 bits per heavy atom. The fourth-order valence-corrected chi connectivity index (χ4v) is 2.75. The second-order valence-electron chi connectivity index (χ2n) is 5.32.